The lowest BCUT2D eigenvalue weighted by atomic mass is 9.90. The number of nitrogens with two attached hydrogens (primary N) is 1. The summed E-state index contributed by atoms with van der Waals surface area (Å²) in [5.74, 6) is 1.26. The van der Waals surface area contributed by atoms with Crippen molar-refractivity contribution in [1.29, 1.82) is 0 Å². The molecule has 1 aliphatic heterocycles. The van der Waals surface area contributed by atoms with E-state index in [0.29, 0.717) is 12.5 Å². The highest BCUT2D eigenvalue weighted by Crippen LogP contribution is 2.31. The molecule has 104 valence electrons. The molecule has 1 saturated heterocycles. The van der Waals surface area contributed by atoms with E-state index in [1.807, 2.05) is 4.90 Å². The van der Waals surface area contributed by atoms with E-state index in [0.717, 1.165) is 38.3 Å². The van der Waals surface area contributed by atoms with E-state index in [4.69, 9.17) is 5.73 Å². The van der Waals surface area contributed by atoms with Crippen LogP contribution >= 0.6 is 0 Å². The normalized spacial score (nSPS) is 29.1. The molecule has 1 amide bonds. The summed E-state index contributed by atoms with van der Waals surface area (Å²) in [5, 5.41) is 0. The molecule has 2 rings (SSSR count). The maximum absolute atomic E-state index is 12.1. The van der Waals surface area contributed by atoms with Crippen molar-refractivity contribution in [2.75, 3.05) is 19.6 Å². The molecule has 2 fully saturated rings. The quantitative estimate of drug-likeness (QED) is 0.817. The number of hydrogen-bond donors (Lipinski definition) is 1. The molecule has 18 heavy (non-hydrogen) atoms. The van der Waals surface area contributed by atoms with Crippen LogP contribution in [-0.4, -0.2) is 30.4 Å². The van der Waals surface area contributed by atoms with Crippen molar-refractivity contribution in [2.45, 2.75) is 58.3 Å². The first kappa shape index (κ1) is 13.9. The van der Waals surface area contributed by atoms with Crippen molar-refractivity contribution in [3.8, 4) is 0 Å². The third-order valence-corrected chi connectivity index (χ3v) is 4.88. The Kier molecular flexibility index (Phi) is 4.66. The standard InChI is InChI=1S/C15H28N2O/c1-15(11-16)9-10-17(12-15)14(18)8-4-7-13-5-2-3-6-13/h13H,2-12,16H2,1H3. The average molecular weight is 252 g/mol. The van der Waals surface area contributed by atoms with Gasteiger partial charge in [-0.25, -0.2) is 0 Å². The first-order valence-corrected chi connectivity index (χ1v) is 7.61. The van der Waals surface area contributed by atoms with Gasteiger partial charge in [-0.15, -0.1) is 0 Å². The summed E-state index contributed by atoms with van der Waals surface area (Å²) in [4.78, 5) is 14.1. The molecule has 2 N–H and O–H groups in total. The third kappa shape index (κ3) is 3.47. The van der Waals surface area contributed by atoms with Crippen molar-refractivity contribution in [2.24, 2.45) is 17.1 Å². The Morgan fingerprint density at radius 2 is 2.11 bits per heavy atom. The molecule has 1 aliphatic carbocycles. The summed E-state index contributed by atoms with van der Waals surface area (Å²) in [6, 6.07) is 0. The summed E-state index contributed by atoms with van der Waals surface area (Å²) in [5.41, 5.74) is 5.94. The largest absolute Gasteiger partial charge is 0.342 e. The predicted octanol–water partition coefficient (Wildman–Crippen LogP) is 2.54. The topological polar surface area (TPSA) is 46.3 Å². The summed E-state index contributed by atoms with van der Waals surface area (Å²) in [6.07, 6.45) is 9.74. The Balaban J connectivity index is 1.66. The van der Waals surface area contributed by atoms with Gasteiger partial charge in [-0.2, -0.15) is 0 Å². The van der Waals surface area contributed by atoms with Gasteiger partial charge in [-0.3, -0.25) is 4.79 Å². The summed E-state index contributed by atoms with van der Waals surface area (Å²) in [6.45, 7) is 4.67. The Hall–Kier alpha value is -0.570. The van der Waals surface area contributed by atoms with Crippen molar-refractivity contribution in [1.82, 2.24) is 4.90 Å². The van der Waals surface area contributed by atoms with E-state index in [2.05, 4.69) is 6.92 Å². The summed E-state index contributed by atoms with van der Waals surface area (Å²) in [7, 11) is 0. The molecular formula is C15H28N2O. The molecule has 0 aromatic rings. The second kappa shape index (κ2) is 6.05. The van der Waals surface area contributed by atoms with E-state index in [-0.39, 0.29) is 5.41 Å². The number of carbonyl (C=O) groups is 1. The maximum Gasteiger partial charge on any atom is 0.222 e. The third-order valence-electron chi connectivity index (χ3n) is 4.88. The van der Waals surface area contributed by atoms with Crippen molar-refractivity contribution in [3.05, 3.63) is 0 Å². The molecule has 2 aliphatic rings. The molecular weight excluding hydrogens is 224 g/mol. The first-order chi connectivity index (χ1) is 8.63. The highest BCUT2D eigenvalue weighted by atomic mass is 16.2. The average Bonchev–Trinajstić information content (AvgIpc) is 2.99. The van der Waals surface area contributed by atoms with Crippen molar-refractivity contribution >= 4 is 5.91 Å². The minimum Gasteiger partial charge on any atom is -0.342 e. The van der Waals surface area contributed by atoms with Crippen molar-refractivity contribution in [3.63, 3.8) is 0 Å². The second-order valence-electron chi connectivity index (χ2n) is 6.62. The Morgan fingerprint density at radius 1 is 1.39 bits per heavy atom. The molecule has 0 bridgehead atoms. The molecule has 3 heteroatoms. The minimum atomic E-state index is 0.168. The van der Waals surface area contributed by atoms with Crippen LogP contribution in [0.5, 0.6) is 0 Å². The highest BCUT2D eigenvalue weighted by Gasteiger charge is 2.34. The van der Waals surface area contributed by atoms with Crippen LogP contribution < -0.4 is 5.73 Å². The molecule has 1 unspecified atom stereocenters. The number of amides is 1. The van der Waals surface area contributed by atoms with Crippen LogP contribution in [-0.2, 0) is 4.79 Å². The van der Waals surface area contributed by atoms with Crippen LogP contribution in [0.3, 0.4) is 0 Å². The number of nitrogens with zero attached hydrogens (tertiary/aromatic N) is 1. The van der Waals surface area contributed by atoms with Gasteiger partial charge in [0, 0.05) is 19.5 Å². The van der Waals surface area contributed by atoms with Crippen molar-refractivity contribution < 1.29 is 4.79 Å². The van der Waals surface area contributed by atoms with Gasteiger partial charge in [0.1, 0.15) is 0 Å². The van der Waals surface area contributed by atoms with Gasteiger partial charge < -0.3 is 10.6 Å². The number of carbonyl (C=O) groups excluding carboxylic acids is 1. The fourth-order valence-electron chi connectivity index (χ4n) is 3.40. The van der Waals surface area contributed by atoms with E-state index >= 15 is 0 Å². The molecule has 0 aromatic carbocycles. The smallest absolute Gasteiger partial charge is 0.222 e. The fourth-order valence-corrected chi connectivity index (χ4v) is 3.40. The Morgan fingerprint density at radius 3 is 2.72 bits per heavy atom. The van der Waals surface area contributed by atoms with E-state index in [1.165, 1.54) is 32.1 Å². The Bertz CT molecular complexity index is 286. The van der Waals surface area contributed by atoms with Crippen LogP contribution in [0, 0.1) is 11.3 Å². The van der Waals surface area contributed by atoms with Crippen LogP contribution in [0.4, 0.5) is 0 Å². The zero-order chi connectivity index (χ0) is 13.0. The minimum absolute atomic E-state index is 0.168. The van der Waals surface area contributed by atoms with Crippen LogP contribution in [0.1, 0.15) is 58.3 Å². The van der Waals surface area contributed by atoms with E-state index < -0.39 is 0 Å². The van der Waals surface area contributed by atoms with Gasteiger partial charge in [0.2, 0.25) is 5.91 Å². The predicted molar refractivity (Wildman–Crippen MR) is 74.2 cm³/mol. The van der Waals surface area contributed by atoms with Gasteiger partial charge in [-0.05, 0) is 37.1 Å². The van der Waals surface area contributed by atoms with Gasteiger partial charge >= 0.3 is 0 Å². The van der Waals surface area contributed by atoms with Gasteiger partial charge in [0.15, 0.2) is 0 Å². The van der Waals surface area contributed by atoms with Gasteiger partial charge in [0.25, 0.3) is 0 Å². The summed E-state index contributed by atoms with van der Waals surface area (Å²) >= 11 is 0. The fraction of sp³-hybridized carbons (Fsp3) is 0.933. The maximum atomic E-state index is 12.1. The van der Waals surface area contributed by atoms with Gasteiger partial charge in [-0.1, -0.05) is 32.6 Å². The lowest BCUT2D eigenvalue weighted by molar-refractivity contribution is -0.130. The number of hydrogen-bond acceptors (Lipinski definition) is 2. The molecule has 0 spiro atoms. The molecule has 1 heterocycles. The molecule has 0 aromatic heterocycles. The molecule has 1 atom stereocenters. The van der Waals surface area contributed by atoms with Gasteiger partial charge in [0.05, 0.1) is 0 Å². The number of likely N-dealkylation sites (tertiary alicyclic amines) is 1. The van der Waals surface area contributed by atoms with E-state index in [1.54, 1.807) is 0 Å². The lowest BCUT2D eigenvalue weighted by Gasteiger charge is -2.22. The Labute approximate surface area is 111 Å². The molecule has 1 saturated carbocycles. The monoisotopic (exact) mass is 252 g/mol. The van der Waals surface area contributed by atoms with Crippen LogP contribution in [0.15, 0.2) is 0 Å². The zero-order valence-electron chi connectivity index (χ0n) is 11.8. The van der Waals surface area contributed by atoms with E-state index in [9.17, 15) is 4.79 Å². The lowest BCUT2D eigenvalue weighted by Crippen LogP contribution is -2.34. The SMILES string of the molecule is CC1(CN)CCN(C(=O)CCCC2CCCC2)C1. The zero-order valence-corrected chi connectivity index (χ0v) is 11.8. The number of rotatable bonds is 5. The summed E-state index contributed by atoms with van der Waals surface area (Å²) < 4.78 is 0. The van der Waals surface area contributed by atoms with Crippen LogP contribution in [0.2, 0.25) is 0 Å². The molecule has 0 radical (unpaired) electrons. The van der Waals surface area contributed by atoms with Crippen LogP contribution in [0.25, 0.3) is 0 Å². The first-order valence-electron chi connectivity index (χ1n) is 7.61. The second-order valence-corrected chi connectivity index (χ2v) is 6.62. The highest BCUT2D eigenvalue weighted by molar-refractivity contribution is 5.76. The molecule has 3 nitrogen and oxygen atoms in total.